The van der Waals surface area contributed by atoms with E-state index in [9.17, 15) is 12.8 Å². The monoisotopic (exact) mass is 406 g/mol. The van der Waals surface area contributed by atoms with Crippen LogP contribution >= 0.6 is 22.6 Å². The van der Waals surface area contributed by atoms with E-state index in [4.69, 9.17) is 5.73 Å². The fourth-order valence-corrected chi connectivity index (χ4v) is 3.56. The zero-order valence-corrected chi connectivity index (χ0v) is 13.3. The number of benzene rings is 2. The Hall–Kier alpha value is -1.19. The fourth-order valence-electron chi connectivity index (χ4n) is 1.62. The molecular weight excluding hydrogens is 394 g/mol. The minimum atomic E-state index is -3.71. The summed E-state index contributed by atoms with van der Waals surface area (Å²) in [5, 5.41) is 0. The summed E-state index contributed by atoms with van der Waals surface area (Å²) in [7, 11) is -3.71. The van der Waals surface area contributed by atoms with E-state index in [0.29, 0.717) is 9.26 Å². The Bertz CT molecular complexity index is 735. The molecule has 0 aliphatic carbocycles. The van der Waals surface area contributed by atoms with Crippen molar-refractivity contribution in [1.29, 1.82) is 0 Å². The predicted molar refractivity (Wildman–Crippen MR) is 84.3 cm³/mol. The summed E-state index contributed by atoms with van der Waals surface area (Å²) >= 11 is 1.87. The molecule has 0 fully saturated rings. The highest BCUT2D eigenvalue weighted by molar-refractivity contribution is 14.1. The first-order valence-electron chi connectivity index (χ1n) is 5.69. The molecule has 2 rings (SSSR count). The normalized spacial score (nSPS) is 11.3. The van der Waals surface area contributed by atoms with Crippen molar-refractivity contribution in [2.24, 2.45) is 5.73 Å². The van der Waals surface area contributed by atoms with E-state index < -0.39 is 15.8 Å². The third kappa shape index (κ3) is 3.47. The van der Waals surface area contributed by atoms with Crippen LogP contribution < -0.4 is 10.5 Å². The number of hydrogen-bond acceptors (Lipinski definition) is 3. The van der Waals surface area contributed by atoms with Crippen molar-refractivity contribution in [2.75, 3.05) is 4.72 Å². The number of nitrogens with two attached hydrogens (primary N) is 1. The van der Waals surface area contributed by atoms with Crippen LogP contribution in [0.15, 0.2) is 47.4 Å². The Morgan fingerprint density at radius 2 is 1.95 bits per heavy atom. The van der Waals surface area contributed by atoms with Crippen LogP contribution in [0.5, 0.6) is 0 Å². The molecule has 0 heterocycles. The second-order valence-electron chi connectivity index (χ2n) is 4.08. The van der Waals surface area contributed by atoms with Gasteiger partial charge in [0, 0.05) is 10.1 Å². The molecular formula is C13H12FIN2O2S. The number of halogens is 2. The van der Waals surface area contributed by atoms with Crippen molar-refractivity contribution < 1.29 is 12.8 Å². The molecule has 0 saturated carbocycles. The number of sulfonamides is 1. The van der Waals surface area contributed by atoms with Gasteiger partial charge >= 0.3 is 0 Å². The Morgan fingerprint density at radius 1 is 1.20 bits per heavy atom. The molecule has 0 atom stereocenters. The van der Waals surface area contributed by atoms with Crippen molar-refractivity contribution in [1.82, 2.24) is 0 Å². The molecule has 0 aliphatic rings. The van der Waals surface area contributed by atoms with Gasteiger partial charge in [-0.25, -0.2) is 12.8 Å². The second-order valence-corrected chi connectivity index (χ2v) is 6.93. The zero-order chi connectivity index (χ0) is 14.8. The van der Waals surface area contributed by atoms with E-state index in [0.717, 1.165) is 5.56 Å². The summed E-state index contributed by atoms with van der Waals surface area (Å²) in [6.45, 7) is 0.261. The van der Waals surface area contributed by atoms with Gasteiger partial charge in [-0.1, -0.05) is 12.1 Å². The lowest BCUT2D eigenvalue weighted by atomic mass is 10.2. The van der Waals surface area contributed by atoms with Crippen molar-refractivity contribution in [3.8, 4) is 0 Å². The minimum Gasteiger partial charge on any atom is -0.326 e. The maximum absolute atomic E-state index is 13.0. The van der Waals surface area contributed by atoms with Gasteiger partial charge in [0.05, 0.1) is 10.6 Å². The molecule has 4 nitrogen and oxygen atoms in total. The first kappa shape index (κ1) is 15.2. The predicted octanol–water partition coefficient (Wildman–Crippen LogP) is 2.69. The van der Waals surface area contributed by atoms with Crippen LogP contribution in [0.1, 0.15) is 5.56 Å². The maximum atomic E-state index is 13.0. The lowest BCUT2D eigenvalue weighted by Crippen LogP contribution is -2.14. The molecule has 3 N–H and O–H groups in total. The topological polar surface area (TPSA) is 72.2 Å². The second kappa shape index (κ2) is 6.06. The summed E-state index contributed by atoms with van der Waals surface area (Å²) in [6.07, 6.45) is 0. The summed E-state index contributed by atoms with van der Waals surface area (Å²) in [6, 6.07) is 10.2. The highest BCUT2D eigenvalue weighted by Gasteiger charge is 2.16. The van der Waals surface area contributed by atoms with Gasteiger partial charge in [-0.2, -0.15) is 0 Å². The van der Waals surface area contributed by atoms with Crippen molar-refractivity contribution in [3.05, 3.63) is 57.4 Å². The molecule has 0 spiro atoms. The molecule has 0 aromatic heterocycles. The average molecular weight is 406 g/mol. The van der Waals surface area contributed by atoms with Gasteiger partial charge < -0.3 is 5.73 Å². The van der Waals surface area contributed by atoms with Crippen LogP contribution in [0.2, 0.25) is 0 Å². The zero-order valence-electron chi connectivity index (χ0n) is 10.3. The van der Waals surface area contributed by atoms with E-state index in [1.54, 1.807) is 12.1 Å². The summed E-state index contributed by atoms with van der Waals surface area (Å²) in [5.41, 5.74) is 6.56. The summed E-state index contributed by atoms with van der Waals surface area (Å²) < 4.78 is 40.4. The van der Waals surface area contributed by atoms with E-state index in [-0.39, 0.29) is 11.4 Å². The Kier molecular flexibility index (Phi) is 4.61. The highest BCUT2D eigenvalue weighted by atomic mass is 127. The molecule has 20 heavy (non-hydrogen) atoms. The van der Waals surface area contributed by atoms with Crippen LogP contribution in [0.4, 0.5) is 10.1 Å². The third-order valence-corrected chi connectivity index (χ3v) is 4.88. The largest absolute Gasteiger partial charge is 0.326 e. The fraction of sp³-hybridized carbons (Fsp3) is 0.0769. The molecule has 7 heteroatoms. The first-order valence-corrected chi connectivity index (χ1v) is 8.25. The van der Waals surface area contributed by atoms with Gasteiger partial charge in [-0.05, 0) is 58.5 Å². The van der Waals surface area contributed by atoms with E-state index >= 15 is 0 Å². The standard InChI is InChI=1S/C13H12FIN2O2S/c14-10-4-5-13(12(15)7-10)17-20(18,19)11-3-1-2-9(6-11)8-16/h1-7,17H,8,16H2. The minimum absolute atomic E-state index is 0.126. The number of hydrogen-bond donors (Lipinski definition) is 2. The lowest BCUT2D eigenvalue weighted by Gasteiger charge is -2.10. The Labute approximate surface area is 130 Å². The Morgan fingerprint density at radius 3 is 2.60 bits per heavy atom. The first-order chi connectivity index (χ1) is 9.42. The van der Waals surface area contributed by atoms with E-state index in [1.165, 1.54) is 30.3 Å². The lowest BCUT2D eigenvalue weighted by molar-refractivity contribution is 0.600. The van der Waals surface area contributed by atoms with Crippen LogP contribution in [-0.4, -0.2) is 8.42 Å². The summed E-state index contributed by atoms with van der Waals surface area (Å²) in [4.78, 5) is 0.126. The van der Waals surface area contributed by atoms with Gasteiger partial charge in [0.2, 0.25) is 0 Å². The van der Waals surface area contributed by atoms with Crippen LogP contribution in [0.3, 0.4) is 0 Å². The van der Waals surface area contributed by atoms with Gasteiger partial charge in [-0.15, -0.1) is 0 Å². The molecule has 0 unspecified atom stereocenters. The van der Waals surface area contributed by atoms with Crippen LogP contribution in [-0.2, 0) is 16.6 Å². The van der Waals surface area contributed by atoms with Crippen molar-refractivity contribution in [3.63, 3.8) is 0 Å². The number of anilines is 1. The molecule has 106 valence electrons. The van der Waals surface area contributed by atoms with Crippen molar-refractivity contribution >= 4 is 38.3 Å². The van der Waals surface area contributed by atoms with Crippen LogP contribution in [0.25, 0.3) is 0 Å². The molecule has 0 radical (unpaired) electrons. The molecule has 0 bridgehead atoms. The molecule has 0 aliphatic heterocycles. The van der Waals surface area contributed by atoms with E-state index in [2.05, 4.69) is 4.72 Å². The number of rotatable bonds is 4. The smallest absolute Gasteiger partial charge is 0.261 e. The molecule has 0 amide bonds. The summed E-state index contributed by atoms with van der Waals surface area (Å²) in [5.74, 6) is -0.414. The SMILES string of the molecule is NCc1cccc(S(=O)(=O)Nc2ccc(F)cc2I)c1. The molecule has 2 aromatic rings. The highest BCUT2D eigenvalue weighted by Crippen LogP contribution is 2.23. The van der Waals surface area contributed by atoms with Gasteiger partial charge in [0.1, 0.15) is 5.82 Å². The quantitative estimate of drug-likeness (QED) is 0.768. The van der Waals surface area contributed by atoms with Gasteiger partial charge in [0.15, 0.2) is 0 Å². The maximum Gasteiger partial charge on any atom is 0.261 e. The van der Waals surface area contributed by atoms with Gasteiger partial charge in [0.25, 0.3) is 10.0 Å². The van der Waals surface area contributed by atoms with E-state index in [1.807, 2.05) is 22.6 Å². The van der Waals surface area contributed by atoms with Crippen molar-refractivity contribution in [2.45, 2.75) is 11.4 Å². The number of nitrogens with one attached hydrogen (secondary N) is 1. The van der Waals surface area contributed by atoms with Gasteiger partial charge in [-0.3, -0.25) is 4.72 Å². The average Bonchev–Trinajstić information content (AvgIpc) is 2.42. The Balaban J connectivity index is 2.35. The molecule has 0 saturated heterocycles. The third-order valence-electron chi connectivity index (χ3n) is 2.62. The molecule has 2 aromatic carbocycles. The van der Waals surface area contributed by atoms with Crippen LogP contribution in [0, 0.1) is 9.39 Å².